The second kappa shape index (κ2) is 10.7. The van der Waals surface area contributed by atoms with Gasteiger partial charge in [-0.2, -0.15) is 5.26 Å². The van der Waals surface area contributed by atoms with Crippen LogP contribution in [0.3, 0.4) is 0 Å². The summed E-state index contributed by atoms with van der Waals surface area (Å²) in [5, 5.41) is 22.6. The molecule has 42 heavy (non-hydrogen) atoms. The molecule has 5 heteroatoms. The van der Waals surface area contributed by atoms with E-state index in [1.807, 2.05) is 80.6 Å². The Labute approximate surface area is 247 Å². The van der Waals surface area contributed by atoms with Crippen molar-refractivity contribution in [3.63, 3.8) is 0 Å². The number of benzene rings is 5. The molecule has 5 aromatic carbocycles. The molecule has 6 aromatic rings. The minimum absolute atomic E-state index is 0.276. The summed E-state index contributed by atoms with van der Waals surface area (Å²) in [4.78, 5) is 0. The maximum atomic E-state index is 10.8. The average molecular weight is 549 g/mol. The molecule has 0 unspecified atom stereocenters. The molecule has 0 spiro atoms. The minimum atomic E-state index is -1.04. The van der Waals surface area contributed by atoms with Gasteiger partial charge in [0, 0.05) is 27.5 Å². The molecule has 0 aliphatic rings. The molecule has 1 N–H and O–H groups in total. The van der Waals surface area contributed by atoms with Crippen LogP contribution in [0.4, 0.5) is 0 Å². The Hall–Kier alpha value is -4.63. The van der Waals surface area contributed by atoms with Crippen LogP contribution >= 0.6 is 0 Å². The number of hydrogen-bond acceptors (Lipinski definition) is 4. The predicted molar refractivity (Wildman–Crippen MR) is 173 cm³/mol. The highest BCUT2D eigenvalue weighted by Crippen LogP contribution is 2.42. The fourth-order valence-corrected chi connectivity index (χ4v) is 5.26. The van der Waals surface area contributed by atoms with Crippen LogP contribution in [0, 0.1) is 11.3 Å². The highest BCUT2D eigenvalue weighted by atomic mass is 16.5. The van der Waals surface area contributed by atoms with E-state index in [9.17, 15) is 10.4 Å². The first kappa shape index (κ1) is 27.5. The molecule has 1 aromatic heterocycles. The second-order valence-electron chi connectivity index (χ2n) is 11.7. The molecule has 0 atom stereocenters. The summed E-state index contributed by atoms with van der Waals surface area (Å²) in [6.45, 7) is 7.32. The molecule has 1 heterocycles. The average Bonchev–Trinajstić information content (AvgIpc) is 3.40. The Morgan fingerprint density at radius 3 is 2.00 bits per heavy atom. The van der Waals surface area contributed by atoms with Crippen molar-refractivity contribution in [3.8, 4) is 39.4 Å². The SMILES string of the molecule is CC(C)(O)C(C)(C)OBc1ccc(-c2ccccc2C#N)c2oc3c(-c4ccccc4)cc(-c4ccccc4)cc3c12. The number of aliphatic hydroxyl groups is 1. The van der Waals surface area contributed by atoms with Gasteiger partial charge in [-0.05, 0) is 68.0 Å². The van der Waals surface area contributed by atoms with E-state index in [0.717, 1.165) is 55.2 Å². The van der Waals surface area contributed by atoms with Gasteiger partial charge in [-0.25, -0.2) is 0 Å². The van der Waals surface area contributed by atoms with Crippen LogP contribution in [0.2, 0.25) is 0 Å². The molecule has 4 nitrogen and oxygen atoms in total. The van der Waals surface area contributed by atoms with Gasteiger partial charge in [-0.15, -0.1) is 0 Å². The minimum Gasteiger partial charge on any atom is -0.455 e. The van der Waals surface area contributed by atoms with Gasteiger partial charge < -0.3 is 14.2 Å². The lowest BCUT2D eigenvalue weighted by Gasteiger charge is -2.37. The lowest BCUT2D eigenvalue weighted by Crippen LogP contribution is -2.49. The topological polar surface area (TPSA) is 66.4 Å². The van der Waals surface area contributed by atoms with Gasteiger partial charge >= 0.3 is 7.48 Å². The first-order valence-electron chi connectivity index (χ1n) is 14.2. The van der Waals surface area contributed by atoms with E-state index in [4.69, 9.17) is 9.07 Å². The third kappa shape index (κ3) is 4.90. The Morgan fingerprint density at radius 1 is 0.690 bits per heavy atom. The molecule has 0 aliphatic carbocycles. The predicted octanol–water partition coefficient (Wildman–Crippen LogP) is 8.00. The summed E-state index contributed by atoms with van der Waals surface area (Å²) in [7, 11) is 0.276. The number of nitriles is 1. The van der Waals surface area contributed by atoms with E-state index in [1.165, 1.54) is 0 Å². The van der Waals surface area contributed by atoms with Crippen LogP contribution in [0.5, 0.6) is 0 Å². The molecule has 0 saturated carbocycles. The number of nitrogens with zero attached hydrogens (tertiary/aromatic N) is 1. The third-order valence-electron chi connectivity index (χ3n) is 8.40. The van der Waals surface area contributed by atoms with E-state index >= 15 is 0 Å². The fourth-order valence-electron chi connectivity index (χ4n) is 5.26. The number of furan rings is 1. The van der Waals surface area contributed by atoms with Crippen LogP contribution in [0.1, 0.15) is 33.3 Å². The zero-order valence-electron chi connectivity index (χ0n) is 24.3. The molecule has 0 radical (unpaired) electrons. The van der Waals surface area contributed by atoms with Gasteiger partial charge in [0.15, 0.2) is 0 Å². The zero-order chi connectivity index (χ0) is 29.5. The second-order valence-corrected chi connectivity index (χ2v) is 11.7. The first-order chi connectivity index (χ1) is 20.2. The zero-order valence-corrected chi connectivity index (χ0v) is 24.3. The Bertz CT molecular complexity index is 1950. The monoisotopic (exact) mass is 549 g/mol. The van der Waals surface area contributed by atoms with E-state index in [0.29, 0.717) is 11.1 Å². The van der Waals surface area contributed by atoms with Crippen molar-refractivity contribution >= 4 is 34.9 Å². The van der Waals surface area contributed by atoms with Crippen molar-refractivity contribution in [2.45, 2.75) is 38.9 Å². The van der Waals surface area contributed by atoms with Gasteiger partial charge in [-0.3, -0.25) is 0 Å². The largest absolute Gasteiger partial charge is 0.455 e. The van der Waals surface area contributed by atoms with E-state index in [2.05, 4.69) is 48.5 Å². The highest BCUT2D eigenvalue weighted by Gasteiger charge is 2.36. The van der Waals surface area contributed by atoms with E-state index in [1.54, 1.807) is 13.8 Å². The van der Waals surface area contributed by atoms with Crippen molar-refractivity contribution in [3.05, 3.63) is 115 Å². The molecule has 0 fully saturated rings. The molecule has 0 amide bonds. The van der Waals surface area contributed by atoms with Crippen molar-refractivity contribution in [1.82, 2.24) is 0 Å². The van der Waals surface area contributed by atoms with Crippen LogP contribution in [0.15, 0.2) is 114 Å². The first-order valence-corrected chi connectivity index (χ1v) is 14.2. The number of fused-ring (bicyclic) bond motifs is 3. The summed E-state index contributed by atoms with van der Waals surface area (Å²) in [6, 6.07) is 39.0. The molecule has 0 aliphatic heterocycles. The van der Waals surface area contributed by atoms with Crippen LogP contribution in [-0.4, -0.2) is 23.8 Å². The van der Waals surface area contributed by atoms with E-state index in [-0.39, 0.29) is 7.48 Å². The summed E-state index contributed by atoms with van der Waals surface area (Å²) < 4.78 is 13.2. The Balaban J connectivity index is 1.69. The van der Waals surface area contributed by atoms with Crippen LogP contribution in [0.25, 0.3) is 55.3 Å². The molecular formula is C37H32BNO3. The van der Waals surface area contributed by atoms with Crippen LogP contribution < -0.4 is 5.46 Å². The maximum Gasteiger partial charge on any atom is 0.310 e. The lowest BCUT2D eigenvalue weighted by molar-refractivity contribution is -0.0893. The molecular weight excluding hydrogens is 517 g/mol. The van der Waals surface area contributed by atoms with Gasteiger partial charge in [0.25, 0.3) is 0 Å². The maximum absolute atomic E-state index is 10.8. The summed E-state index contributed by atoms with van der Waals surface area (Å²) in [6.07, 6.45) is 0. The number of hydrogen-bond donors (Lipinski definition) is 1. The molecule has 6 rings (SSSR count). The van der Waals surface area contributed by atoms with Gasteiger partial charge in [-0.1, -0.05) is 91.0 Å². The Morgan fingerprint density at radius 2 is 1.33 bits per heavy atom. The highest BCUT2D eigenvalue weighted by molar-refractivity contribution is 6.53. The standard InChI is InChI=1S/C37H32BNO3/c1-36(2,40)37(3,4)42-38-32-20-19-29(28-18-12-11-17-26(28)23-39)35-33(32)31-22-27(24-13-7-5-8-14-24)21-30(34(31)41-35)25-15-9-6-10-16-25/h5-22,38,40H,1-4H3. The third-order valence-corrected chi connectivity index (χ3v) is 8.40. The fraction of sp³-hybridized carbons (Fsp3) is 0.162. The smallest absolute Gasteiger partial charge is 0.310 e. The Kier molecular flexibility index (Phi) is 6.98. The van der Waals surface area contributed by atoms with Crippen LogP contribution in [-0.2, 0) is 4.65 Å². The quantitative estimate of drug-likeness (QED) is 0.205. The molecule has 206 valence electrons. The molecule has 0 bridgehead atoms. The lowest BCUT2D eigenvalue weighted by atomic mass is 9.79. The van der Waals surface area contributed by atoms with Crippen molar-refractivity contribution in [1.29, 1.82) is 5.26 Å². The molecule has 0 saturated heterocycles. The summed E-state index contributed by atoms with van der Waals surface area (Å²) >= 11 is 0. The number of rotatable bonds is 7. The van der Waals surface area contributed by atoms with Gasteiger partial charge in [0.2, 0.25) is 0 Å². The van der Waals surface area contributed by atoms with Crippen molar-refractivity contribution in [2.75, 3.05) is 0 Å². The van der Waals surface area contributed by atoms with Crippen molar-refractivity contribution < 1.29 is 14.2 Å². The van der Waals surface area contributed by atoms with Gasteiger partial charge in [0.1, 0.15) is 11.2 Å². The summed E-state index contributed by atoms with van der Waals surface area (Å²) in [5.74, 6) is 0. The van der Waals surface area contributed by atoms with Gasteiger partial charge in [0.05, 0.1) is 22.8 Å². The van der Waals surface area contributed by atoms with Crippen molar-refractivity contribution in [2.24, 2.45) is 0 Å². The summed E-state index contributed by atoms with van der Waals surface area (Å²) in [5.41, 5.74) is 7.08. The normalized spacial score (nSPS) is 12.0. The van der Waals surface area contributed by atoms with E-state index < -0.39 is 11.2 Å².